The summed E-state index contributed by atoms with van der Waals surface area (Å²) in [5.74, 6) is 1.29. The van der Waals surface area contributed by atoms with E-state index < -0.39 is 6.10 Å². The van der Waals surface area contributed by atoms with Crippen LogP contribution in [0.5, 0.6) is 11.5 Å². The zero-order chi connectivity index (χ0) is 25.5. The molecule has 0 amide bonds. The van der Waals surface area contributed by atoms with E-state index in [0.717, 1.165) is 46.6 Å². The lowest BCUT2D eigenvalue weighted by molar-refractivity contribution is 0.0702. The molecule has 1 atom stereocenters. The van der Waals surface area contributed by atoms with Crippen LogP contribution in [-0.2, 0) is 11.3 Å². The van der Waals surface area contributed by atoms with Crippen LogP contribution in [0.25, 0.3) is 22.3 Å². The molecule has 10 nitrogen and oxygen atoms in total. The van der Waals surface area contributed by atoms with Crippen molar-refractivity contribution in [1.29, 1.82) is 0 Å². The molecule has 2 aromatic heterocycles. The van der Waals surface area contributed by atoms with Crippen molar-refractivity contribution in [2.75, 3.05) is 45.9 Å². The van der Waals surface area contributed by atoms with Crippen molar-refractivity contribution in [1.82, 2.24) is 19.7 Å². The summed E-state index contributed by atoms with van der Waals surface area (Å²) in [6.07, 6.45) is 5.62. The molecule has 0 aliphatic heterocycles. The minimum absolute atomic E-state index is 0.198. The number of methoxy groups -OCH3 is 3. The average molecular weight is 493 g/mol. The van der Waals surface area contributed by atoms with E-state index in [2.05, 4.69) is 10.1 Å². The number of benzene rings is 2. The second-order valence-electron chi connectivity index (χ2n) is 8.35. The Kier molecular flexibility index (Phi) is 8.32. The van der Waals surface area contributed by atoms with E-state index in [1.54, 1.807) is 39.8 Å². The molecule has 4 rings (SSSR count). The van der Waals surface area contributed by atoms with Crippen LogP contribution in [0.3, 0.4) is 0 Å². The van der Waals surface area contributed by atoms with E-state index in [-0.39, 0.29) is 13.2 Å². The number of fused-ring (bicyclic) bond motifs is 1. The lowest BCUT2D eigenvalue weighted by Crippen LogP contribution is -2.31. The maximum absolute atomic E-state index is 10.6. The lowest BCUT2D eigenvalue weighted by Gasteiger charge is -2.28. The van der Waals surface area contributed by atoms with E-state index in [9.17, 15) is 5.11 Å². The van der Waals surface area contributed by atoms with E-state index in [1.165, 1.54) is 0 Å². The van der Waals surface area contributed by atoms with Gasteiger partial charge in [0.25, 0.3) is 0 Å². The van der Waals surface area contributed by atoms with Gasteiger partial charge in [0.1, 0.15) is 11.5 Å². The third-order valence-corrected chi connectivity index (χ3v) is 5.76. The number of nitrogens with two attached hydrogens (primary N) is 1. The summed E-state index contributed by atoms with van der Waals surface area (Å²) in [7, 11) is 4.77. The maximum Gasteiger partial charge on any atom is 0.124 e. The molecule has 0 radical (unpaired) electrons. The molecule has 3 N–H and O–H groups in total. The Balaban J connectivity index is 1.73. The van der Waals surface area contributed by atoms with Gasteiger partial charge in [0.15, 0.2) is 0 Å². The Morgan fingerprint density at radius 3 is 2.47 bits per heavy atom. The Labute approximate surface area is 210 Å². The average Bonchev–Trinajstić information content (AvgIpc) is 3.38. The van der Waals surface area contributed by atoms with Gasteiger partial charge in [0.05, 0.1) is 62.6 Å². The first kappa shape index (κ1) is 25.4. The fourth-order valence-electron chi connectivity index (χ4n) is 3.94. The Morgan fingerprint density at radius 2 is 1.78 bits per heavy atom. The third kappa shape index (κ3) is 5.91. The van der Waals surface area contributed by atoms with Gasteiger partial charge in [-0.2, -0.15) is 5.10 Å². The van der Waals surface area contributed by atoms with Crippen LogP contribution in [0.2, 0.25) is 0 Å². The molecule has 0 spiro atoms. The SMILES string of the molecule is COC[C@@H](O)CN(c1cc(OC)cc(OC)c1)c1ccc2ncc(-c3cnn(CCCN)c3)nc2c1. The highest BCUT2D eigenvalue weighted by Gasteiger charge is 2.18. The predicted molar refractivity (Wildman–Crippen MR) is 139 cm³/mol. The number of anilines is 2. The Bertz CT molecular complexity index is 1270. The largest absolute Gasteiger partial charge is 0.497 e. The topological polar surface area (TPSA) is 121 Å². The number of aliphatic hydroxyl groups is 1. The number of aliphatic hydroxyl groups excluding tert-OH is 1. The van der Waals surface area contributed by atoms with Crippen molar-refractivity contribution in [3.63, 3.8) is 0 Å². The first-order valence-corrected chi connectivity index (χ1v) is 11.7. The number of rotatable bonds is 12. The quantitative estimate of drug-likeness (QED) is 0.307. The second kappa shape index (κ2) is 11.8. The Morgan fingerprint density at radius 1 is 1.00 bits per heavy atom. The maximum atomic E-state index is 10.6. The van der Waals surface area contributed by atoms with Crippen molar-refractivity contribution >= 4 is 22.4 Å². The van der Waals surface area contributed by atoms with Crippen LogP contribution < -0.4 is 20.1 Å². The fourth-order valence-corrected chi connectivity index (χ4v) is 3.94. The summed E-state index contributed by atoms with van der Waals surface area (Å²) in [5, 5.41) is 15.0. The van der Waals surface area contributed by atoms with E-state index in [4.69, 9.17) is 24.9 Å². The molecular weight excluding hydrogens is 460 g/mol. The molecule has 0 aliphatic rings. The van der Waals surface area contributed by atoms with Crippen LogP contribution in [0, 0.1) is 0 Å². The summed E-state index contributed by atoms with van der Waals surface area (Å²) < 4.78 is 18.0. The lowest BCUT2D eigenvalue weighted by atomic mass is 10.1. The van der Waals surface area contributed by atoms with E-state index >= 15 is 0 Å². The van der Waals surface area contributed by atoms with Crippen LogP contribution >= 0.6 is 0 Å². The summed E-state index contributed by atoms with van der Waals surface area (Å²) in [6.45, 7) is 1.85. The summed E-state index contributed by atoms with van der Waals surface area (Å²) >= 11 is 0. The summed E-state index contributed by atoms with van der Waals surface area (Å²) in [4.78, 5) is 11.4. The highest BCUT2D eigenvalue weighted by Crippen LogP contribution is 2.34. The molecule has 0 saturated carbocycles. The van der Waals surface area contributed by atoms with Crippen molar-refractivity contribution in [2.24, 2.45) is 5.73 Å². The van der Waals surface area contributed by atoms with Gasteiger partial charge in [-0.05, 0) is 31.2 Å². The van der Waals surface area contributed by atoms with Crippen molar-refractivity contribution in [3.05, 3.63) is 55.0 Å². The normalized spacial score (nSPS) is 12.0. The monoisotopic (exact) mass is 492 g/mol. The number of hydrogen-bond donors (Lipinski definition) is 2. The second-order valence-corrected chi connectivity index (χ2v) is 8.35. The molecule has 0 bridgehead atoms. The van der Waals surface area contributed by atoms with Crippen molar-refractivity contribution in [3.8, 4) is 22.8 Å². The van der Waals surface area contributed by atoms with Crippen LogP contribution in [0.4, 0.5) is 11.4 Å². The zero-order valence-electron chi connectivity index (χ0n) is 20.8. The fraction of sp³-hybridized carbons (Fsp3) is 0.346. The van der Waals surface area contributed by atoms with Crippen LogP contribution in [0.15, 0.2) is 55.0 Å². The molecule has 0 unspecified atom stereocenters. The highest BCUT2D eigenvalue weighted by atomic mass is 16.5. The van der Waals surface area contributed by atoms with Gasteiger partial charge >= 0.3 is 0 Å². The number of nitrogens with zero attached hydrogens (tertiary/aromatic N) is 5. The van der Waals surface area contributed by atoms with Gasteiger partial charge in [0, 0.05) is 55.0 Å². The standard InChI is InChI=1S/C26H32N6O4/c1-34-17-21(33)16-32(20-9-22(35-2)12-23(10-20)36-3)19-5-6-24-25(11-19)30-26(14-28-24)18-13-29-31(15-18)8-4-7-27/h5-6,9-15,21,33H,4,7-8,16-17,27H2,1-3H3/t21-/m0/s1. The van der Waals surface area contributed by atoms with Gasteiger partial charge in [-0.15, -0.1) is 0 Å². The van der Waals surface area contributed by atoms with Crippen LogP contribution in [0.1, 0.15) is 6.42 Å². The van der Waals surface area contributed by atoms with Crippen molar-refractivity contribution < 1.29 is 19.3 Å². The minimum Gasteiger partial charge on any atom is -0.497 e. The third-order valence-electron chi connectivity index (χ3n) is 5.76. The van der Waals surface area contributed by atoms with Crippen molar-refractivity contribution in [2.45, 2.75) is 19.1 Å². The molecule has 2 heterocycles. The number of ether oxygens (including phenoxy) is 3. The molecule has 0 saturated heterocycles. The summed E-state index contributed by atoms with van der Waals surface area (Å²) in [5.41, 5.74) is 10.3. The van der Waals surface area contributed by atoms with Crippen LogP contribution in [-0.4, -0.2) is 72.0 Å². The zero-order valence-corrected chi connectivity index (χ0v) is 20.8. The molecule has 0 aliphatic carbocycles. The van der Waals surface area contributed by atoms with Gasteiger partial charge in [0.2, 0.25) is 0 Å². The molecular formula is C26H32N6O4. The number of aromatic nitrogens is 4. The first-order chi connectivity index (χ1) is 17.5. The number of hydrogen-bond acceptors (Lipinski definition) is 9. The summed E-state index contributed by atoms with van der Waals surface area (Å²) in [6, 6.07) is 11.4. The molecule has 0 fully saturated rings. The highest BCUT2D eigenvalue weighted by molar-refractivity contribution is 5.82. The van der Waals surface area contributed by atoms with E-state index in [0.29, 0.717) is 18.0 Å². The predicted octanol–water partition coefficient (Wildman–Crippen LogP) is 3.00. The molecule has 190 valence electrons. The molecule has 10 heteroatoms. The minimum atomic E-state index is -0.723. The van der Waals surface area contributed by atoms with Gasteiger partial charge in [-0.1, -0.05) is 0 Å². The van der Waals surface area contributed by atoms with E-state index in [1.807, 2.05) is 46.1 Å². The van der Waals surface area contributed by atoms with Gasteiger partial charge in [-0.25, -0.2) is 4.98 Å². The van der Waals surface area contributed by atoms with Gasteiger partial charge in [-0.3, -0.25) is 9.67 Å². The first-order valence-electron chi connectivity index (χ1n) is 11.7. The molecule has 2 aromatic carbocycles. The smallest absolute Gasteiger partial charge is 0.124 e. The van der Waals surface area contributed by atoms with Gasteiger partial charge < -0.3 is 30.0 Å². The number of aryl methyl sites for hydroxylation is 1. The molecule has 4 aromatic rings. The molecule has 36 heavy (non-hydrogen) atoms. The Hall–Kier alpha value is -3.73.